The number of methoxy groups -OCH3 is 1. The normalized spacial score (nSPS) is 14.2. The van der Waals surface area contributed by atoms with Gasteiger partial charge in [-0.25, -0.2) is 0 Å². The highest BCUT2D eigenvalue weighted by Gasteiger charge is 2.20. The second kappa shape index (κ2) is 7.42. The minimum Gasteiger partial charge on any atom is -0.379 e. The number of hydrogen-bond donors (Lipinski definition) is 1. The summed E-state index contributed by atoms with van der Waals surface area (Å²) in [6.45, 7) is 14.2. The number of ether oxygens (including phenoxy) is 1. The molecule has 0 spiro atoms. The van der Waals surface area contributed by atoms with E-state index in [1.54, 1.807) is 7.11 Å². The van der Waals surface area contributed by atoms with Gasteiger partial charge in [-0.2, -0.15) is 0 Å². The van der Waals surface area contributed by atoms with Gasteiger partial charge >= 0.3 is 0 Å². The summed E-state index contributed by atoms with van der Waals surface area (Å²) in [5.41, 5.74) is 2.92. The molecule has 0 aromatic heterocycles. The summed E-state index contributed by atoms with van der Waals surface area (Å²) in [7, 11) is 1.79. The largest absolute Gasteiger partial charge is 0.379 e. The van der Waals surface area contributed by atoms with Gasteiger partial charge in [0.05, 0.1) is 5.60 Å². The van der Waals surface area contributed by atoms with E-state index in [-0.39, 0.29) is 11.0 Å². The first-order valence-electron chi connectivity index (χ1n) is 8.08. The maximum atomic E-state index is 5.54. The van der Waals surface area contributed by atoms with Gasteiger partial charge < -0.3 is 10.1 Å². The smallest absolute Gasteiger partial charge is 0.0623 e. The molecule has 2 nitrogen and oxygen atoms in total. The fourth-order valence-electron chi connectivity index (χ4n) is 2.44. The third-order valence-corrected chi connectivity index (χ3v) is 4.22. The third-order valence-electron chi connectivity index (χ3n) is 4.22. The van der Waals surface area contributed by atoms with Crippen molar-refractivity contribution >= 4 is 0 Å². The van der Waals surface area contributed by atoms with Crippen LogP contribution in [0.1, 0.15) is 71.6 Å². The number of rotatable bonds is 7. The van der Waals surface area contributed by atoms with Gasteiger partial charge in [-0.15, -0.1) is 0 Å². The van der Waals surface area contributed by atoms with Crippen LogP contribution in [0.5, 0.6) is 0 Å². The molecule has 1 atom stereocenters. The molecule has 1 rings (SSSR count). The van der Waals surface area contributed by atoms with Crippen molar-refractivity contribution in [2.45, 2.75) is 71.4 Å². The van der Waals surface area contributed by atoms with Crippen LogP contribution in [0.15, 0.2) is 24.3 Å². The first-order chi connectivity index (χ1) is 9.69. The molecule has 1 N–H and O–H groups in total. The minimum atomic E-state index is -0.0565. The van der Waals surface area contributed by atoms with Crippen molar-refractivity contribution in [2.24, 2.45) is 0 Å². The standard InChI is InChI=1S/C19H33NO/c1-8-20-17(13-14-19(5,6)21-7)15-9-11-16(12-10-15)18(2,3)4/h9-12,17,20H,8,13-14H2,1-7H3. The van der Waals surface area contributed by atoms with Gasteiger partial charge in [-0.1, -0.05) is 52.0 Å². The van der Waals surface area contributed by atoms with Crippen LogP contribution in [0.4, 0.5) is 0 Å². The van der Waals surface area contributed by atoms with Gasteiger partial charge in [-0.05, 0) is 49.8 Å². The lowest BCUT2D eigenvalue weighted by Crippen LogP contribution is -2.27. The van der Waals surface area contributed by atoms with Crippen molar-refractivity contribution in [1.82, 2.24) is 5.32 Å². The Labute approximate surface area is 131 Å². The molecule has 1 aromatic rings. The Morgan fingerprint density at radius 2 is 1.62 bits per heavy atom. The average Bonchev–Trinajstić information content (AvgIpc) is 2.43. The highest BCUT2D eigenvalue weighted by Crippen LogP contribution is 2.27. The summed E-state index contributed by atoms with van der Waals surface area (Å²) in [6.07, 6.45) is 2.13. The zero-order valence-corrected chi connectivity index (χ0v) is 14.9. The Morgan fingerprint density at radius 1 is 1.05 bits per heavy atom. The molecule has 1 aromatic carbocycles. The third kappa shape index (κ3) is 5.80. The molecule has 0 radical (unpaired) electrons. The van der Waals surface area contributed by atoms with E-state index in [1.807, 2.05) is 0 Å². The Hall–Kier alpha value is -0.860. The molecule has 1 unspecified atom stereocenters. The number of hydrogen-bond acceptors (Lipinski definition) is 2. The topological polar surface area (TPSA) is 21.3 Å². The van der Waals surface area contributed by atoms with Crippen LogP contribution in [-0.2, 0) is 10.2 Å². The predicted octanol–water partition coefficient (Wildman–Crippen LogP) is 4.84. The van der Waals surface area contributed by atoms with Gasteiger partial charge in [0.15, 0.2) is 0 Å². The second-order valence-electron chi connectivity index (χ2n) is 7.48. The Kier molecular flexibility index (Phi) is 6.42. The summed E-state index contributed by atoms with van der Waals surface area (Å²) < 4.78 is 5.54. The van der Waals surface area contributed by atoms with E-state index < -0.39 is 0 Å². The molecule has 0 aliphatic heterocycles. The van der Waals surface area contributed by atoms with Crippen molar-refractivity contribution in [1.29, 1.82) is 0 Å². The molecule has 0 aliphatic carbocycles. The zero-order chi connectivity index (χ0) is 16.1. The summed E-state index contributed by atoms with van der Waals surface area (Å²) in [5, 5.41) is 3.60. The van der Waals surface area contributed by atoms with Crippen LogP contribution in [0.3, 0.4) is 0 Å². The van der Waals surface area contributed by atoms with Crippen molar-refractivity contribution in [3.8, 4) is 0 Å². The molecule has 0 saturated heterocycles. The molecule has 120 valence electrons. The summed E-state index contributed by atoms with van der Waals surface area (Å²) >= 11 is 0. The van der Waals surface area contributed by atoms with Gasteiger partial charge in [0.1, 0.15) is 0 Å². The van der Waals surface area contributed by atoms with Gasteiger partial charge in [0.25, 0.3) is 0 Å². The Balaban J connectivity index is 2.81. The first kappa shape index (κ1) is 18.2. The van der Waals surface area contributed by atoms with Gasteiger partial charge in [-0.3, -0.25) is 0 Å². The Bertz CT molecular complexity index is 414. The first-order valence-corrected chi connectivity index (χ1v) is 8.08. The molecule has 0 bridgehead atoms. The quantitative estimate of drug-likeness (QED) is 0.776. The molecule has 0 aliphatic rings. The average molecular weight is 291 g/mol. The molecule has 0 fully saturated rings. The number of benzene rings is 1. The summed E-state index contributed by atoms with van der Waals surface area (Å²) in [4.78, 5) is 0. The van der Waals surface area contributed by atoms with Crippen LogP contribution in [0.25, 0.3) is 0 Å². The van der Waals surface area contributed by atoms with E-state index in [1.165, 1.54) is 11.1 Å². The Morgan fingerprint density at radius 3 is 2.05 bits per heavy atom. The number of nitrogens with one attached hydrogen (secondary N) is 1. The van der Waals surface area contributed by atoms with E-state index in [9.17, 15) is 0 Å². The fraction of sp³-hybridized carbons (Fsp3) is 0.684. The summed E-state index contributed by atoms with van der Waals surface area (Å²) in [6, 6.07) is 9.47. The van der Waals surface area contributed by atoms with Gasteiger partial charge in [0, 0.05) is 13.2 Å². The van der Waals surface area contributed by atoms with Crippen molar-refractivity contribution in [3.63, 3.8) is 0 Å². The van der Waals surface area contributed by atoms with E-state index in [0.29, 0.717) is 6.04 Å². The predicted molar refractivity (Wildman–Crippen MR) is 91.9 cm³/mol. The van der Waals surface area contributed by atoms with Gasteiger partial charge in [0.2, 0.25) is 0 Å². The maximum Gasteiger partial charge on any atom is 0.0623 e. The monoisotopic (exact) mass is 291 g/mol. The fourth-order valence-corrected chi connectivity index (χ4v) is 2.44. The van der Waals surface area contributed by atoms with Crippen LogP contribution >= 0.6 is 0 Å². The SMILES string of the molecule is CCNC(CCC(C)(C)OC)c1ccc(C(C)(C)C)cc1. The lowest BCUT2D eigenvalue weighted by Gasteiger charge is -2.27. The lowest BCUT2D eigenvalue weighted by molar-refractivity contribution is 0.0117. The molecule has 0 heterocycles. The van der Waals surface area contributed by atoms with Crippen molar-refractivity contribution < 1.29 is 4.74 Å². The van der Waals surface area contributed by atoms with E-state index in [4.69, 9.17) is 4.74 Å². The molecule has 0 saturated carbocycles. The van der Waals surface area contributed by atoms with Crippen LogP contribution in [0.2, 0.25) is 0 Å². The van der Waals surface area contributed by atoms with Crippen molar-refractivity contribution in [3.05, 3.63) is 35.4 Å². The molecule has 21 heavy (non-hydrogen) atoms. The van der Waals surface area contributed by atoms with Crippen LogP contribution in [0, 0.1) is 0 Å². The van der Waals surface area contributed by atoms with E-state index in [2.05, 4.69) is 71.1 Å². The second-order valence-corrected chi connectivity index (χ2v) is 7.48. The van der Waals surface area contributed by atoms with Crippen molar-refractivity contribution in [2.75, 3.05) is 13.7 Å². The lowest BCUT2D eigenvalue weighted by atomic mass is 9.85. The van der Waals surface area contributed by atoms with Crippen LogP contribution in [-0.4, -0.2) is 19.3 Å². The zero-order valence-electron chi connectivity index (χ0n) is 14.9. The van der Waals surface area contributed by atoms with E-state index >= 15 is 0 Å². The highest BCUT2D eigenvalue weighted by atomic mass is 16.5. The molecule has 0 amide bonds. The maximum absolute atomic E-state index is 5.54. The highest BCUT2D eigenvalue weighted by molar-refractivity contribution is 5.29. The molecule has 2 heteroatoms. The molecular weight excluding hydrogens is 258 g/mol. The minimum absolute atomic E-state index is 0.0565. The van der Waals surface area contributed by atoms with E-state index in [0.717, 1.165) is 19.4 Å². The molecular formula is C19H33NO. The summed E-state index contributed by atoms with van der Waals surface area (Å²) in [5.74, 6) is 0. The van der Waals surface area contributed by atoms with Crippen LogP contribution < -0.4 is 5.32 Å².